The third-order valence-electron chi connectivity index (χ3n) is 3.19. The van der Waals surface area contributed by atoms with E-state index in [2.05, 4.69) is 41.1 Å². The number of hydrogen-bond donors (Lipinski definition) is 0. The van der Waals surface area contributed by atoms with E-state index in [-0.39, 0.29) is 0 Å². The largest absolute Gasteiger partial charge is 0.315 e. The molecule has 2 heterocycles. The van der Waals surface area contributed by atoms with E-state index in [1.165, 1.54) is 11.3 Å². The average molecular weight is 265 g/mol. The van der Waals surface area contributed by atoms with Crippen LogP contribution in [0.2, 0.25) is 5.15 Å². The van der Waals surface area contributed by atoms with E-state index >= 15 is 0 Å². The van der Waals surface area contributed by atoms with Gasteiger partial charge in [0, 0.05) is 17.1 Å². The normalized spacial score (nSPS) is 19.2. The van der Waals surface area contributed by atoms with E-state index < -0.39 is 0 Å². The van der Waals surface area contributed by atoms with Crippen LogP contribution in [0.1, 0.15) is 18.9 Å². The molecule has 1 aromatic carbocycles. The minimum absolute atomic E-state index is 0.479. The summed E-state index contributed by atoms with van der Waals surface area (Å²) in [5.41, 5.74) is 2.68. The number of thiazole rings is 1. The molecule has 2 nitrogen and oxygen atoms in total. The molecule has 2 aromatic rings. The Morgan fingerprint density at radius 3 is 3.00 bits per heavy atom. The van der Waals surface area contributed by atoms with Gasteiger partial charge in [-0.05, 0) is 31.4 Å². The highest BCUT2D eigenvalue weighted by Crippen LogP contribution is 2.38. The molecule has 0 saturated carbocycles. The molecule has 1 aliphatic heterocycles. The summed E-state index contributed by atoms with van der Waals surface area (Å²) < 4.78 is 0. The van der Waals surface area contributed by atoms with E-state index in [4.69, 9.17) is 11.6 Å². The fourth-order valence-corrected chi connectivity index (χ4v) is 3.40. The smallest absolute Gasteiger partial charge is 0.191 e. The highest BCUT2D eigenvalue weighted by atomic mass is 35.5. The topological polar surface area (TPSA) is 16.1 Å². The minimum Gasteiger partial charge on any atom is -0.315 e. The lowest BCUT2D eigenvalue weighted by atomic mass is 9.97. The fourth-order valence-electron chi connectivity index (χ4n) is 2.34. The zero-order valence-corrected chi connectivity index (χ0v) is 11.1. The fraction of sp³-hybridized carbons (Fsp3) is 0.308. The van der Waals surface area contributed by atoms with Gasteiger partial charge >= 0.3 is 0 Å². The second kappa shape index (κ2) is 4.31. The maximum absolute atomic E-state index is 5.93. The lowest BCUT2D eigenvalue weighted by Crippen LogP contribution is -2.33. The Labute approximate surface area is 110 Å². The number of benzene rings is 1. The van der Waals surface area contributed by atoms with Crippen LogP contribution in [0.15, 0.2) is 29.6 Å². The van der Waals surface area contributed by atoms with Gasteiger partial charge in [0.2, 0.25) is 0 Å². The van der Waals surface area contributed by atoms with E-state index in [9.17, 15) is 0 Å². The molecule has 0 saturated heterocycles. The lowest BCUT2D eigenvalue weighted by molar-refractivity contribution is 0.617. The molecule has 17 heavy (non-hydrogen) atoms. The Balaban J connectivity index is 2.09. The van der Waals surface area contributed by atoms with Crippen molar-refractivity contribution in [3.05, 3.63) is 40.4 Å². The predicted octanol–water partition coefficient (Wildman–Crippen LogP) is 4.27. The van der Waals surface area contributed by atoms with Gasteiger partial charge in [0.1, 0.15) is 5.15 Å². The molecular formula is C13H13ClN2S. The van der Waals surface area contributed by atoms with Gasteiger partial charge in [-0.1, -0.05) is 29.8 Å². The molecule has 1 aromatic heterocycles. The predicted molar refractivity (Wildman–Crippen MR) is 73.5 cm³/mol. The van der Waals surface area contributed by atoms with Gasteiger partial charge in [0.15, 0.2) is 5.13 Å². The van der Waals surface area contributed by atoms with Crippen LogP contribution in [0.3, 0.4) is 0 Å². The highest BCUT2D eigenvalue weighted by molar-refractivity contribution is 7.14. The van der Waals surface area contributed by atoms with Crippen molar-refractivity contribution in [3.8, 4) is 0 Å². The molecule has 0 bridgehead atoms. The highest BCUT2D eigenvalue weighted by Gasteiger charge is 2.25. The number of halogens is 1. The number of aryl methyl sites for hydroxylation is 1. The minimum atomic E-state index is 0.479. The van der Waals surface area contributed by atoms with Crippen LogP contribution < -0.4 is 4.90 Å². The van der Waals surface area contributed by atoms with Crippen LogP contribution >= 0.6 is 22.9 Å². The number of hydrogen-bond acceptors (Lipinski definition) is 3. The summed E-state index contributed by atoms with van der Waals surface area (Å²) in [7, 11) is 0. The van der Waals surface area contributed by atoms with Crippen molar-refractivity contribution in [2.45, 2.75) is 25.8 Å². The first-order chi connectivity index (χ1) is 8.25. The summed E-state index contributed by atoms with van der Waals surface area (Å²) in [6.45, 7) is 2.24. The monoisotopic (exact) mass is 264 g/mol. The molecule has 4 heteroatoms. The van der Waals surface area contributed by atoms with Crippen LogP contribution in [-0.2, 0) is 6.42 Å². The number of rotatable bonds is 1. The van der Waals surface area contributed by atoms with E-state index in [1.807, 2.05) is 5.38 Å². The van der Waals surface area contributed by atoms with Gasteiger partial charge in [0.05, 0.1) is 0 Å². The maximum atomic E-state index is 5.93. The van der Waals surface area contributed by atoms with Crippen molar-refractivity contribution in [1.82, 2.24) is 4.98 Å². The number of nitrogens with zero attached hydrogens (tertiary/aromatic N) is 2. The molecule has 88 valence electrons. The van der Waals surface area contributed by atoms with Crippen LogP contribution in [0, 0.1) is 0 Å². The average Bonchev–Trinajstić information content (AvgIpc) is 2.75. The quantitative estimate of drug-likeness (QED) is 0.765. The third-order valence-corrected chi connectivity index (χ3v) is 4.36. The van der Waals surface area contributed by atoms with E-state index in [0.29, 0.717) is 11.2 Å². The molecule has 1 aliphatic rings. The molecule has 0 N–H and O–H groups in total. The Kier molecular flexibility index (Phi) is 2.81. The van der Waals surface area contributed by atoms with Crippen LogP contribution in [-0.4, -0.2) is 11.0 Å². The van der Waals surface area contributed by atoms with Crippen LogP contribution in [0.25, 0.3) is 0 Å². The van der Waals surface area contributed by atoms with Gasteiger partial charge in [-0.2, -0.15) is 0 Å². The van der Waals surface area contributed by atoms with E-state index in [1.54, 1.807) is 11.3 Å². The zero-order valence-electron chi connectivity index (χ0n) is 9.56. The van der Waals surface area contributed by atoms with Gasteiger partial charge in [-0.3, -0.25) is 0 Å². The summed E-state index contributed by atoms with van der Waals surface area (Å²) in [4.78, 5) is 6.69. The Morgan fingerprint density at radius 2 is 2.24 bits per heavy atom. The van der Waals surface area contributed by atoms with Crippen LogP contribution in [0.5, 0.6) is 0 Å². The number of fused-ring (bicyclic) bond motifs is 1. The second-order valence-corrected chi connectivity index (χ2v) is 5.56. The summed E-state index contributed by atoms with van der Waals surface area (Å²) in [6, 6.07) is 9.03. The molecule has 0 radical (unpaired) electrons. The third kappa shape index (κ3) is 1.94. The Morgan fingerprint density at radius 1 is 1.41 bits per heavy atom. The molecule has 1 unspecified atom stereocenters. The molecule has 0 spiro atoms. The van der Waals surface area contributed by atoms with Crippen molar-refractivity contribution in [1.29, 1.82) is 0 Å². The Bertz CT molecular complexity index is 538. The first kappa shape index (κ1) is 11.1. The molecular weight excluding hydrogens is 252 g/mol. The van der Waals surface area contributed by atoms with Gasteiger partial charge in [0.25, 0.3) is 0 Å². The first-order valence-electron chi connectivity index (χ1n) is 5.74. The summed E-state index contributed by atoms with van der Waals surface area (Å²) >= 11 is 7.53. The lowest BCUT2D eigenvalue weighted by Gasteiger charge is -2.35. The van der Waals surface area contributed by atoms with E-state index in [0.717, 1.165) is 18.0 Å². The van der Waals surface area contributed by atoms with Crippen molar-refractivity contribution in [3.63, 3.8) is 0 Å². The summed E-state index contributed by atoms with van der Waals surface area (Å²) in [5, 5.41) is 3.47. The zero-order chi connectivity index (χ0) is 11.8. The van der Waals surface area contributed by atoms with Crippen molar-refractivity contribution >= 4 is 33.8 Å². The number of para-hydroxylation sites is 1. The maximum Gasteiger partial charge on any atom is 0.191 e. The standard InChI is InChI=1S/C13H13ClN2S/c1-9-6-7-10-4-2-3-5-11(10)16(9)13-15-12(14)8-17-13/h2-5,8-9H,6-7H2,1H3. The van der Waals surface area contributed by atoms with Crippen molar-refractivity contribution in [2.24, 2.45) is 0 Å². The summed E-state index contributed by atoms with van der Waals surface area (Å²) in [5.74, 6) is 0. The van der Waals surface area contributed by atoms with Crippen molar-refractivity contribution < 1.29 is 0 Å². The number of aromatic nitrogens is 1. The number of anilines is 2. The SMILES string of the molecule is CC1CCc2ccccc2N1c1nc(Cl)cs1. The summed E-state index contributed by atoms with van der Waals surface area (Å²) in [6.07, 6.45) is 2.31. The molecule has 0 aliphatic carbocycles. The van der Waals surface area contributed by atoms with Gasteiger partial charge < -0.3 is 4.90 Å². The second-order valence-electron chi connectivity index (χ2n) is 4.34. The molecule has 0 amide bonds. The molecule has 3 rings (SSSR count). The van der Waals surface area contributed by atoms with Gasteiger partial charge in [-0.15, -0.1) is 11.3 Å². The first-order valence-corrected chi connectivity index (χ1v) is 6.99. The van der Waals surface area contributed by atoms with Crippen LogP contribution in [0.4, 0.5) is 10.8 Å². The molecule has 0 fully saturated rings. The molecule has 1 atom stereocenters. The Hall–Kier alpha value is -1.06. The van der Waals surface area contributed by atoms with Crippen molar-refractivity contribution in [2.75, 3.05) is 4.90 Å². The van der Waals surface area contributed by atoms with Gasteiger partial charge in [-0.25, -0.2) is 4.98 Å².